The molecule has 0 aliphatic heterocycles. The van der Waals surface area contributed by atoms with Crippen LogP contribution in [0.25, 0.3) is 0 Å². The van der Waals surface area contributed by atoms with Crippen LogP contribution < -0.4 is 4.90 Å². The minimum atomic E-state index is 0.112. The maximum absolute atomic E-state index is 12.5. The Morgan fingerprint density at radius 1 is 1.05 bits per heavy atom. The number of hydrogen-bond donors (Lipinski definition) is 0. The summed E-state index contributed by atoms with van der Waals surface area (Å²) in [6.45, 7) is 3.86. The third-order valence-electron chi connectivity index (χ3n) is 3.62. The maximum atomic E-state index is 12.5. The molecule has 0 aromatic heterocycles. The van der Waals surface area contributed by atoms with Crippen molar-refractivity contribution < 1.29 is 4.79 Å². The van der Waals surface area contributed by atoms with Crippen LogP contribution in [0.1, 0.15) is 12.5 Å². The molecule has 0 saturated heterocycles. The smallest absolute Gasteiger partial charge is 0.242 e. The molecule has 2 rings (SSSR count). The van der Waals surface area contributed by atoms with Crippen LogP contribution >= 0.6 is 15.9 Å². The Hall–Kier alpha value is -1.81. The molecule has 0 aliphatic rings. The summed E-state index contributed by atoms with van der Waals surface area (Å²) in [4.78, 5) is 16.3. The number of amides is 1. The number of carbonyl (C=O) groups is 1. The topological polar surface area (TPSA) is 23.6 Å². The Morgan fingerprint density at radius 3 is 2.32 bits per heavy atom. The predicted octanol–water partition coefficient (Wildman–Crippen LogP) is 3.93. The van der Waals surface area contributed by atoms with E-state index in [9.17, 15) is 4.79 Å². The lowest BCUT2D eigenvalue weighted by Gasteiger charge is -2.26. The summed E-state index contributed by atoms with van der Waals surface area (Å²) < 4.78 is 1.03. The second-order valence-electron chi connectivity index (χ2n) is 5.19. The van der Waals surface area contributed by atoms with Crippen molar-refractivity contribution in [3.63, 3.8) is 0 Å². The highest BCUT2D eigenvalue weighted by molar-refractivity contribution is 9.10. The molecule has 0 fully saturated rings. The first-order valence-electron chi connectivity index (χ1n) is 7.39. The van der Waals surface area contributed by atoms with Gasteiger partial charge in [-0.2, -0.15) is 0 Å². The number of likely N-dealkylation sites (N-methyl/N-ethyl adjacent to an activating group) is 2. The lowest BCUT2D eigenvalue weighted by Crippen LogP contribution is -2.38. The molecule has 116 valence electrons. The molecule has 0 spiro atoms. The van der Waals surface area contributed by atoms with Crippen LogP contribution in [-0.2, 0) is 11.3 Å². The van der Waals surface area contributed by atoms with Crippen molar-refractivity contribution in [3.05, 3.63) is 64.6 Å². The van der Waals surface area contributed by atoms with Gasteiger partial charge in [0.05, 0.1) is 6.54 Å². The molecule has 3 nitrogen and oxygen atoms in total. The quantitative estimate of drug-likeness (QED) is 0.778. The molecule has 0 heterocycles. The van der Waals surface area contributed by atoms with E-state index in [1.807, 2.05) is 61.6 Å². The van der Waals surface area contributed by atoms with Crippen molar-refractivity contribution in [2.45, 2.75) is 13.5 Å². The molecule has 0 saturated carbocycles. The molecule has 0 bridgehead atoms. The fraction of sp³-hybridized carbons (Fsp3) is 0.278. The predicted molar refractivity (Wildman–Crippen MR) is 94.9 cm³/mol. The number of benzene rings is 2. The number of rotatable bonds is 6. The zero-order valence-electron chi connectivity index (χ0n) is 13.0. The molecule has 0 atom stereocenters. The van der Waals surface area contributed by atoms with E-state index in [4.69, 9.17) is 0 Å². The van der Waals surface area contributed by atoms with E-state index >= 15 is 0 Å². The van der Waals surface area contributed by atoms with Gasteiger partial charge in [-0.15, -0.1) is 0 Å². The summed E-state index contributed by atoms with van der Waals surface area (Å²) in [7, 11) is 1.85. The molecule has 2 aromatic rings. The maximum Gasteiger partial charge on any atom is 0.242 e. The van der Waals surface area contributed by atoms with E-state index in [-0.39, 0.29) is 5.91 Å². The number of halogens is 1. The van der Waals surface area contributed by atoms with Crippen LogP contribution in [0, 0.1) is 0 Å². The molecule has 0 aliphatic carbocycles. The Kier molecular flexibility index (Phi) is 6.01. The summed E-state index contributed by atoms with van der Waals surface area (Å²) in [5.41, 5.74) is 2.19. The number of hydrogen-bond acceptors (Lipinski definition) is 2. The van der Waals surface area contributed by atoms with E-state index in [1.54, 1.807) is 4.90 Å². The summed E-state index contributed by atoms with van der Waals surface area (Å²) in [5, 5.41) is 0. The van der Waals surface area contributed by atoms with E-state index < -0.39 is 0 Å². The number of anilines is 1. The van der Waals surface area contributed by atoms with Gasteiger partial charge in [-0.05, 0) is 30.7 Å². The summed E-state index contributed by atoms with van der Waals surface area (Å²) in [6.07, 6.45) is 0. The van der Waals surface area contributed by atoms with E-state index in [2.05, 4.69) is 27.8 Å². The van der Waals surface area contributed by atoms with Crippen molar-refractivity contribution in [1.82, 2.24) is 4.90 Å². The lowest BCUT2D eigenvalue weighted by atomic mass is 10.2. The van der Waals surface area contributed by atoms with Gasteiger partial charge in [0.25, 0.3) is 0 Å². The van der Waals surface area contributed by atoms with Gasteiger partial charge >= 0.3 is 0 Å². The first-order valence-corrected chi connectivity index (χ1v) is 8.18. The van der Waals surface area contributed by atoms with Gasteiger partial charge in [0, 0.05) is 30.3 Å². The molecule has 0 N–H and O–H groups in total. The largest absolute Gasteiger partial charge is 0.362 e. The summed E-state index contributed by atoms with van der Waals surface area (Å²) >= 11 is 3.53. The van der Waals surface area contributed by atoms with Gasteiger partial charge in [-0.25, -0.2) is 0 Å². The Balaban J connectivity index is 2.00. The standard InChI is InChI=1S/C18H21BrN2O/c1-3-21(16-10-5-4-6-11-16)14-18(22)20(2)13-15-9-7-8-12-17(15)19/h4-12H,3,13-14H2,1-2H3. The number of carbonyl (C=O) groups excluding carboxylic acids is 1. The average Bonchev–Trinajstić information content (AvgIpc) is 2.55. The number of para-hydroxylation sites is 1. The van der Waals surface area contributed by atoms with Crippen LogP contribution in [0.15, 0.2) is 59.1 Å². The van der Waals surface area contributed by atoms with Crippen LogP contribution in [0.3, 0.4) is 0 Å². The third kappa shape index (κ3) is 4.34. The first-order chi connectivity index (χ1) is 10.6. The van der Waals surface area contributed by atoms with Crippen LogP contribution in [0.5, 0.6) is 0 Å². The van der Waals surface area contributed by atoms with Gasteiger partial charge < -0.3 is 9.80 Å². The lowest BCUT2D eigenvalue weighted by molar-refractivity contribution is -0.128. The Labute approximate surface area is 140 Å². The molecule has 0 radical (unpaired) electrons. The van der Waals surface area contributed by atoms with Crippen LogP contribution in [0.4, 0.5) is 5.69 Å². The highest BCUT2D eigenvalue weighted by Gasteiger charge is 2.14. The van der Waals surface area contributed by atoms with E-state index in [0.717, 1.165) is 22.3 Å². The zero-order valence-corrected chi connectivity index (χ0v) is 14.6. The third-order valence-corrected chi connectivity index (χ3v) is 4.39. The second kappa shape index (κ2) is 7.99. The van der Waals surface area contributed by atoms with Gasteiger partial charge in [-0.1, -0.05) is 52.3 Å². The molecule has 22 heavy (non-hydrogen) atoms. The van der Waals surface area contributed by atoms with Crippen molar-refractivity contribution in [2.24, 2.45) is 0 Å². The second-order valence-corrected chi connectivity index (χ2v) is 6.05. The zero-order chi connectivity index (χ0) is 15.9. The number of nitrogens with zero attached hydrogens (tertiary/aromatic N) is 2. The highest BCUT2D eigenvalue weighted by Crippen LogP contribution is 2.18. The molecular weight excluding hydrogens is 340 g/mol. The minimum absolute atomic E-state index is 0.112. The van der Waals surface area contributed by atoms with Crippen LogP contribution in [0.2, 0.25) is 0 Å². The summed E-state index contributed by atoms with van der Waals surface area (Å²) in [5.74, 6) is 0.112. The molecule has 2 aromatic carbocycles. The minimum Gasteiger partial charge on any atom is -0.362 e. The molecular formula is C18H21BrN2O. The van der Waals surface area contributed by atoms with Crippen molar-refractivity contribution >= 4 is 27.5 Å². The molecule has 1 amide bonds. The molecule has 4 heteroatoms. The average molecular weight is 361 g/mol. The van der Waals surface area contributed by atoms with E-state index in [0.29, 0.717) is 13.1 Å². The van der Waals surface area contributed by atoms with Crippen molar-refractivity contribution in [1.29, 1.82) is 0 Å². The van der Waals surface area contributed by atoms with Gasteiger partial charge in [0.15, 0.2) is 0 Å². The highest BCUT2D eigenvalue weighted by atomic mass is 79.9. The Bertz CT molecular complexity index is 615. The van der Waals surface area contributed by atoms with Gasteiger partial charge in [-0.3, -0.25) is 4.79 Å². The fourth-order valence-corrected chi connectivity index (χ4v) is 2.69. The summed E-state index contributed by atoms with van der Waals surface area (Å²) in [6, 6.07) is 18.0. The van der Waals surface area contributed by atoms with Crippen molar-refractivity contribution in [3.8, 4) is 0 Å². The Morgan fingerprint density at radius 2 is 1.68 bits per heavy atom. The van der Waals surface area contributed by atoms with Crippen LogP contribution in [-0.4, -0.2) is 30.9 Å². The van der Waals surface area contributed by atoms with Gasteiger partial charge in [0.2, 0.25) is 5.91 Å². The molecule has 0 unspecified atom stereocenters. The van der Waals surface area contributed by atoms with E-state index in [1.165, 1.54) is 0 Å². The normalized spacial score (nSPS) is 10.3. The van der Waals surface area contributed by atoms with Crippen molar-refractivity contribution in [2.75, 3.05) is 25.0 Å². The monoisotopic (exact) mass is 360 g/mol. The SMILES string of the molecule is CCN(CC(=O)N(C)Cc1ccccc1Br)c1ccccc1. The fourth-order valence-electron chi connectivity index (χ4n) is 2.28. The van der Waals surface area contributed by atoms with Gasteiger partial charge in [0.1, 0.15) is 0 Å². The first kappa shape index (κ1) is 16.6.